The fraction of sp³-hybridized carbons (Fsp3) is 0.143. The SMILES string of the molecule is O=C(c1ccc(O)c(Cl)c1)N1CCOc2c[nH+]ccc21. The van der Waals surface area contributed by atoms with Gasteiger partial charge in [0.1, 0.15) is 12.4 Å². The molecule has 1 aliphatic rings. The number of anilines is 1. The van der Waals surface area contributed by atoms with Crippen LogP contribution in [0, 0.1) is 0 Å². The second-order valence-electron chi connectivity index (χ2n) is 4.37. The normalized spacial score (nSPS) is 13.6. The second-order valence-corrected chi connectivity index (χ2v) is 4.77. The lowest BCUT2D eigenvalue weighted by Gasteiger charge is -2.28. The number of benzene rings is 1. The summed E-state index contributed by atoms with van der Waals surface area (Å²) < 4.78 is 5.49. The van der Waals surface area contributed by atoms with Crippen LogP contribution in [0.4, 0.5) is 5.69 Å². The zero-order valence-electron chi connectivity index (χ0n) is 10.5. The number of amides is 1. The molecule has 0 spiro atoms. The molecule has 0 saturated carbocycles. The van der Waals surface area contributed by atoms with E-state index in [4.69, 9.17) is 16.3 Å². The number of ether oxygens (including phenoxy) is 1. The van der Waals surface area contributed by atoms with Gasteiger partial charge in [-0.1, -0.05) is 11.6 Å². The van der Waals surface area contributed by atoms with E-state index in [0.717, 1.165) is 0 Å². The van der Waals surface area contributed by atoms with Crippen LogP contribution in [0.2, 0.25) is 5.02 Å². The van der Waals surface area contributed by atoms with E-state index in [2.05, 4.69) is 4.98 Å². The van der Waals surface area contributed by atoms with Gasteiger partial charge in [0, 0.05) is 11.6 Å². The van der Waals surface area contributed by atoms with Crippen molar-refractivity contribution in [3.05, 3.63) is 47.2 Å². The predicted octanol–water partition coefficient (Wildman–Crippen LogP) is 1.90. The maximum absolute atomic E-state index is 12.5. The van der Waals surface area contributed by atoms with E-state index in [9.17, 15) is 9.90 Å². The molecule has 20 heavy (non-hydrogen) atoms. The quantitative estimate of drug-likeness (QED) is 0.873. The number of phenolic OH excluding ortho intramolecular Hbond substituents is 1. The molecule has 0 atom stereocenters. The summed E-state index contributed by atoms with van der Waals surface area (Å²) in [4.78, 5) is 17.1. The van der Waals surface area contributed by atoms with Crippen molar-refractivity contribution in [3.63, 3.8) is 0 Å². The molecule has 2 N–H and O–H groups in total. The lowest BCUT2D eigenvalue weighted by Crippen LogP contribution is -2.38. The fourth-order valence-corrected chi connectivity index (χ4v) is 2.30. The number of hydrogen-bond acceptors (Lipinski definition) is 3. The van der Waals surface area contributed by atoms with Crippen LogP contribution >= 0.6 is 11.6 Å². The number of H-pyrrole nitrogens is 1. The largest absolute Gasteiger partial charge is 0.506 e. The maximum atomic E-state index is 12.5. The Balaban J connectivity index is 1.97. The average molecular weight is 292 g/mol. The lowest BCUT2D eigenvalue weighted by atomic mass is 10.1. The van der Waals surface area contributed by atoms with Gasteiger partial charge in [0.05, 0.1) is 17.3 Å². The Kier molecular flexibility index (Phi) is 3.20. The van der Waals surface area contributed by atoms with E-state index in [1.54, 1.807) is 29.4 Å². The number of hydrogen-bond donors (Lipinski definition) is 1. The Morgan fingerprint density at radius 1 is 1.40 bits per heavy atom. The first-order valence-corrected chi connectivity index (χ1v) is 6.48. The van der Waals surface area contributed by atoms with Crippen molar-refractivity contribution in [2.45, 2.75) is 0 Å². The van der Waals surface area contributed by atoms with E-state index in [1.165, 1.54) is 12.1 Å². The van der Waals surface area contributed by atoms with Gasteiger partial charge in [0.2, 0.25) is 11.9 Å². The molecule has 2 aromatic rings. The molecule has 0 saturated heterocycles. The third-order valence-electron chi connectivity index (χ3n) is 3.11. The minimum Gasteiger partial charge on any atom is -0.506 e. The summed E-state index contributed by atoms with van der Waals surface area (Å²) in [7, 11) is 0. The van der Waals surface area contributed by atoms with Gasteiger partial charge in [-0.2, -0.15) is 0 Å². The van der Waals surface area contributed by atoms with Gasteiger partial charge in [-0.15, -0.1) is 0 Å². The van der Waals surface area contributed by atoms with Crippen molar-refractivity contribution in [2.75, 3.05) is 18.1 Å². The number of pyridine rings is 1. The Bertz CT molecular complexity index is 675. The summed E-state index contributed by atoms with van der Waals surface area (Å²) in [5.74, 6) is 0.416. The van der Waals surface area contributed by atoms with Crippen LogP contribution in [-0.4, -0.2) is 24.2 Å². The highest BCUT2D eigenvalue weighted by Crippen LogP contribution is 2.31. The van der Waals surface area contributed by atoms with Gasteiger partial charge < -0.3 is 14.7 Å². The molecule has 1 aromatic heterocycles. The van der Waals surface area contributed by atoms with Crippen LogP contribution in [0.3, 0.4) is 0 Å². The molecule has 0 unspecified atom stereocenters. The first-order chi connectivity index (χ1) is 9.66. The zero-order valence-corrected chi connectivity index (χ0v) is 11.2. The molecule has 0 fully saturated rings. The summed E-state index contributed by atoms with van der Waals surface area (Å²) in [6, 6.07) is 6.21. The highest BCUT2D eigenvalue weighted by Gasteiger charge is 2.26. The lowest BCUT2D eigenvalue weighted by molar-refractivity contribution is -0.378. The van der Waals surface area contributed by atoms with Crippen LogP contribution in [0.25, 0.3) is 0 Å². The summed E-state index contributed by atoms with van der Waals surface area (Å²) in [5, 5.41) is 9.57. The monoisotopic (exact) mass is 291 g/mol. The van der Waals surface area contributed by atoms with Gasteiger partial charge in [-0.3, -0.25) is 4.79 Å². The molecule has 1 aliphatic heterocycles. The van der Waals surface area contributed by atoms with Gasteiger partial charge in [-0.05, 0) is 18.2 Å². The van der Waals surface area contributed by atoms with E-state index < -0.39 is 0 Å². The molecular weight excluding hydrogens is 280 g/mol. The molecule has 1 aromatic carbocycles. The Hall–Kier alpha value is -2.27. The number of rotatable bonds is 1. The summed E-state index contributed by atoms with van der Waals surface area (Å²) in [6.07, 6.45) is 3.44. The Morgan fingerprint density at radius 2 is 2.25 bits per heavy atom. The van der Waals surface area contributed by atoms with E-state index in [-0.39, 0.29) is 16.7 Å². The standard InChI is InChI=1S/C14H11ClN2O3/c15-10-7-9(1-2-12(10)18)14(19)17-5-6-20-13-8-16-4-3-11(13)17/h1-4,7-8,18H,5-6H2/p+1. The van der Waals surface area contributed by atoms with Gasteiger partial charge in [0.15, 0.2) is 6.20 Å². The minimum atomic E-state index is -0.178. The number of nitrogens with zero attached hydrogens (tertiary/aromatic N) is 1. The average Bonchev–Trinajstić information content (AvgIpc) is 2.49. The Labute approximate surface area is 120 Å². The second kappa shape index (κ2) is 5.02. The van der Waals surface area contributed by atoms with Crippen molar-refractivity contribution >= 4 is 23.2 Å². The van der Waals surface area contributed by atoms with E-state index >= 15 is 0 Å². The molecule has 0 bridgehead atoms. The number of carbonyl (C=O) groups excluding carboxylic acids is 1. The predicted molar refractivity (Wildman–Crippen MR) is 73.3 cm³/mol. The van der Waals surface area contributed by atoms with Crippen molar-refractivity contribution in [1.29, 1.82) is 0 Å². The van der Waals surface area contributed by atoms with E-state index in [0.29, 0.717) is 30.2 Å². The Morgan fingerprint density at radius 3 is 3.05 bits per heavy atom. The third-order valence-corrected chi connectivity index (χ3v) is 3.41. The summed E-state index contributed by atoms with van der Waals surface area (Å²) in [5.41, 5.74) is 1.14. The molecular formula is C14H12ClN2O3+. The number of aromatic hydroxyl groups is 1. The smallest absolute Gasteiger partial charge is 0.258 e. The number of fused-ring (bicyclic) bond motifs is 1. The first-order valence-electron chi connectivity index (χ1n) is 6.10. The molecule has 1 amide bonds. The summed E-state index contributed by atoms with van der Waals surface area (Å²) in [6.45, 7) is 0.900. The van der Waals surface area contributed by atoms with Crippen molar-refractivity contribution in [1.82, 2.24) is 0 Å². The van der Waals surface area contributed by atoms with Gasteiger partial charge >= 0.3 is 0 Å². The van der Waals surface area contributed by atoms with Crippen LogP contribution in [0.15, 0.2) is 36.7 Å². The van der Waals surface area contributed by atoms with Crippen molar-refractivity contribution in [2.24, 2.45) is 0 Å². The number of halogens is 1. The third kappa shape index (κ3) is 2.16. The van der Waals surface area contributed by atoms with Crippen LogP contribution in [-0.2, 0) is 0 Å². The van der Waals surface area contributed by atoms with Crippen LogP contribution in [0.1, 0.15) is 10.4 Å². The molecule has 2 heterocycles. The topological polar surface area (TPSA) is 63.9 Å². The number of aromatic amines is 1. The van der Waals surface area contributed by atoms with Crippen molar-refractivity contribution < 1.29 is 19.6 Å². The van der Waals surface area contributed by atoms with Crippen LogP contribution in [0.5, 0.6) is 11.5 Å². The summed E-state index contributed by atoms with van der Waals surface area (Å²) >= 11 is 5.85. The highest BCUT2D eigenvalue weighted by atomic mass is 35.5. The molecule has 6 heteroatoms. The molecule has 102 valence electrons. The maximum Gasteiger partial charge on any atom is 0.258 e. The molecule has 3 rings (SSSR count). The molecule has 5 nitrogen and oxygen atoms in total. The van der Waals surface area contributed by atoms with Crippen LogP contribution < -0.4 is 14.6 Å². The number of aromatic nitrogens is 1. The molecule has 0 aliphatic carbocycles. The van der Waals surface area contributed by atoms with E-state index in [1.807, 2.05) is 0 Å². The minimum absolute atomic E-state index is 0.0415. The number of carbonyl (C=O) groups is 1. The van der Waals surface area contributed by atoms with Gasteiger partial charge in [-0.25, -0.2) is 4.98 Å². The highest BCUT2D eigenvalue weighted by molar-refractivity contribution is 6.32. The zero-order chi connectivity index (χ0) is 14.1. The number of nitrogens with one attached hydrogen (secondary N) is 1. The number of phenols is 1. The van der Waals surface area contributed by atoms with Gasteiger partial charge in [0.25, 0.3) is 5.91 Å². The molecule has 0 radical (unpaired) electrons. The fourth-order valence-electron chi connectivity index (χ4n) is 2.12. The first kappa shape index (κ1) is 12.7. The van der Waals surface area contributed by atoms with Crippen molar-refractivity contribution in [3.8, 4) is 11.5 Å².